The number of hydrogen-bond donors (Lipinski definition) is 0. The van der Waals surface area contributed by atoms with Gasteiger partial charge in [-0.3, -0.25) is 0 Å². The molecule has 0 radical (unpaired) electrons. The predicted octanol–water partition coefficient (Wildman–Crippen LogP) is 3.24. The SMILES string of the molecule is CCOc1ccccc1S(=O)(=O)N1C2CCC1CC(S(=O)(=O)c1ccccc1)C2. The summed E-state index contributed by atoms with van der Waals surface area (Å²) in [5, 5.41) is -0.559. The number of hydrogen-bond acceptors (Lipinski definition) is 5. The van der Waals surface area contributed by atoms with Crippen molar-refractivity contribution in [1.29, 1.82) is 0 Å². The number of benzene rings is 2. The zero-order chi connectivity index (χ0) is 20.6. The maximum Gasteiger partial charge on any atom is 0.247 e. The molecule has 2 bridgehead atoms. The Labute approximate surface area is 172 Å². The van der Waals surface area contributed by atoms with Gasteiger partial charge in [-0.25, -0.2) is 16.8 Å². The molecule has 4 rings (SSSR count). The first-order chi connectivity index (χ1) is 13.9. The van der Waals surface area contributed by atoms with Gasteiger partial charge in [-0.2, -0.15) is 4.31 Å². The molecule has 156 valence electrons. The summed E-state index contributed by atoms with van der Waals surface area (Å²) in [5.74, 6) is 0.341. The van der Waals surface area contributed by atoms with Crippen LogP contribution in [0.15, 0.2) is 64.4 Å². The summed E-state index contributed by atoms with van der Waals surface area (Å²) in [6.07, 6.45) is 2.01. The first-order valence-corrected chi connectivity index (χ1v) is 12.9. The molecule has 29 heavy (non-hydrogen) atoms. The van der Waals surface area contributed by atoms with Crippen molar-refractivity contribution in [3.05, 3.63) is 54.6 Å². The second-order valence-corrected chi connectivity index (χ2v) is 11.6. The molecule has 6 nitrogen and oxygen atoms in total. The fourth-order valence-electron chi connectivity index (χ4n) is 4.58. The molecule has 2 saturated heterocycles. The van der Waals surface area contributed by atoms with Crippen molar-refractivity contribution < 1.29 is 21.6 Å². The van der Waals surface area contributed by atoms with E-state index in [1.807, 2.05) is 6.92 Å². The highest BCUT2D eigenvalue weighted by molar-refractivity contribution is 7.92. The third-order valence-corrected chi connectivity index (χ3v) is 10.1. The van der Waals surface area contributed by atoms with Crippen molar-refractivity contribution in [2.75, 3.05) is 6.61 Å². The molecule has 0 saturated carbocycles. The Morgan fingerprint density at radius 3 is 2.10 bits per heavy atom. The van der Waals surface area contributed by atoms with Crippen LogP contribution in [-0.4, -0.2) is 45.1 Å². The fourth-order valence-corrected chi connectivity index (χ4v) is 8.48. The van der Waals surface area contributed by atoms with Crippen molar-refractivity contribution in [3.63, 3.8) is 0 Å². The highest BCUT2D eigenvalue weighted by Crippen LogP contribution is 2.44. The van der Waals surface area contributed by atoms with Crippen molar-refractivity contribution in [3.8, 4) is 5.75 Å². The molecule has 2 aliphatic rings. The molecular weight excluding hydrogens is 410 g/mol. The molecule has 2 heterocycles. The number of ether oxygens (including phenoxy) is 1. The van der Waals surface area contributed by atoms with Crippen LogP contribution in [0.4, 0.5) is 0 Å². The molecule has 2 fully saturated rings. The number of sulfonamides is 1. The van der Waals surface area contributed by atoms with E-state index in [2.05, 4.69) is 0 Å². The number of para-hydroxylation sites is 1. The van der Waals surface area contributed by atoms with Gasteiger partial charge in [0.25, 0.3) is 0 Å². The van der Waals surface area contributed by atoms with Crippen LogP contribution >= 0.6 is 0 Å². The zero-order valence-electron chi connectivity index (χ0n) is 16.3. The van der Waals surface area contributed by atoms with Gasteiger partial charge in [-0.05, 0) is 56.9 Å². The van der Waals surface area contributed by atoms with E-state index < -0.39 is 25.1 Å². The second kappa shape index (κ2) is 7.74. The van der Waals surface area contributed by atoms with Crippen LogP contribution in [-0.2, 0) is 19.9 Å². The number of piperidine rings is 1. The zero-order valence-corrected chi connectivity index (χ0v) is 17.9. The molecule has 2 atom stereocenters. The van der Waals surface area contributed by atoms with Crippen LogP contribution in [0.5, 0.6) is 5.75 Å². The number of nitrogens with zero attached hydrogens (tertiary/aromatic N) is 1. The van der Waals surface area contributed by atoms with Gasteiger partial charge >= 0.3 is 0 Å². The van der Waals surface area contributed by atoms with Gasteiger partial charge < -0.3 is 4.74 Å². The Hall–Kier alpha value is -1.90. The predicted molar refractivity (Wildman–Crippen MR) is 110 cm³/mol. The minimum Gasteiger partial charge on any atom is -0.492 e. The van der Waals surface area contributed by atoms with Gasteiger partial charge in [0.2, 0.25) is 10.0 Å². The topological polar surface area (TPSA) is 80.8 Å². The molecule has 0 aromatic heterocycles. The summed E-state index contributed by atoms with van der Waals surface area (Å²) in [6, 6.07) is 14.5. The van der Waals surface area contributed by atoms with Crippen molar-refractivity contribution in [1.82, 2.24) is 4.31 Å². The summed E-state index contributed by atoms with van der Waals surface area (Å²) < 4.78 is 60.2. The third-order valence-electron chi connectivity index (χ3n) is 5.84. The highest BCUT2D eigenvalue weighted by atomic mass is 32.2. The summed E-state index contributed by atoms with van der Waals surface area (Å²) >= 11 is 0. The number of fused-ring (bicyclic) bond motifs is 2. The Balaban J connectivity index is 1.64. The lowest BCUT2D eigenvalue weighted by Gasteiger charge is -2.37. The minimum atomic E-state index is -3.77. The summed E-state index contributed by atoms with van der Waals surface area (Å²) in [4.78, 5) is 0.463. The molecule has 2 aromatic rings. The molecular formula is C21H25NO5S2. The monoisotopic (exact) mass is 435 g/mol. The van der Waals surface area contributed by atoms with E-state index in [1.54, 1.807) is 58.9 Å². The van der Waals surface area contributed by atoms with Crippen molar-refractivity contribution >= 4 is 19.9 Å². The summed E-state index contributed by atoms with van der Waals surface area (Å²) in [6.45, 7) is 2.18. The van der Waals surface area contributed by atoms with Gasteiger partial charge in [-0.15, -0.1) is 0 Å². The average Bonchev–Trinajstić information content (AvgIpc) is 3.00. The molecule has 0 spiro atoms. The Bertz CT molecular complexity index is 1070. The van der Waals surface area contributed by atoms with E-state index in [9.17, 15) is 16.8 Å². The maximum atomic E-state index is 13.5. The molecule has 8 heteroatoms. The minimum absolute atomic E-state index is 0.156. The quantitative estimate of drug-likeness (QED) is 0.696. The summed E-state index contributed by atoms with van der Waals surface area (Å²) in [7, 11) is -7.26. The Morgan fingerprint density at radius 1 is 0.897 bits per heavy atom. The third kappa shape index (κ3) is 3.58. The van der Waals surface area contributed by atoms with Gasteiger partial charge in [0.05, 0.1) is 16.8 Å². The normalized spacial score (nSPS) is 25.1. The maximum absolute atomic E-state index is 13.5. The lowest BCUT2D eigenvalue weighted by molar-refractivity contribution is 0.247. The molecule has 2 aliphatic heterocycles. The van der Waals surface area contributed by atoms with Gasteiger partial charge in [0.15, 0.2) is 9.84 Å². The van der Waals surface area contributed by atoms with Crippen LogP contribution in [0.25, 0.3) is 0 Å². The largest absolute Gasteiger partial charge is 0.492 e. The first-order valence-electron chi connectivity index (χ1n) is 9.90. The first kappa shape index (κ1) is 20.4. The second-order valence-electron chi connectivity index (χ2n) is 7.55. The lowest BCUT2D eigenvalue weighted by atomic mass is 10.1. The van der Waals surface area contributed by atoms with E-state index in [0.717, 1.165) is 0 Å². The molecule has 2 aromatic carbocycles. The van der Waals surface area contributed by atoms with Gasteiger partial charge in [0, 0.05) is 12.1 Å². The average molecular weight is 436 g/mol. The van der Waals surface area contributed by atoms with Crippen molar-refractivity contribution in [2.45, 2.75) is 59.7 Å². The Morgan fingerprint density at radius 2 is 1.48 bits per heavy atom. The van der Waals surface area contributed by atoms with E-state index >= 15 is 0 Å². The van der Waals surface area contributed by atoms with Crippen molar-refractivity contribution in [2.24, 2.45) is 0 Å². The van der Waals surface area contributed by atoms with Crippen LogP contribution in [0.3, 0.4) is 0 Å². The number of sulfone groups is 1. The summed E-state index contributed by atoms with van der Waals surface area (Å²) in [5.41, 5.74) is 0. The fraction of sp³-hybridized carbons (Fsp3) is 0.429. The molecule has 2 unspecified atom stereocenters. The standard InChI is InChI=1S/C21H25NO5S2/c1-2-27-20-10-6-7-11-21(20)29(25,26)22-16-12-13-17(22)15-19(14-16)28(23,24)18-8-4-3-5-9-18/h3-11,16-17,19H,2,12-15H2,1H3. The molecule has 0 amide bonds. The van der Waals surface area contributed by atoms with E-state index in [-0.39, 0.29) is 17.0 Å². The smallest absolute Gasteiger partial charge is 0.247 e. The van der Waals surface area contributed by atoms with Crippen LogP contribution in [0, 0.1) is 0 Å². The lowest BCUT2D eigenvalue weighted by Crippen LogP contribution is -2.49. The Kier molecular flexibility index (Phi) is 5.44. The molecule has 0 aliphatic carbocycles. The highest BCUT2D eigenvalue weighted by Gasteiger charge is 2.50. The van der Waals surface area contributed by atoms with E-state index in [1.165, 1.54) is 0 Å². The van der Waals surface area contributed by atoms with E-state index in [0.29, 0.717) is 42.9 Å². The van der Waals surface area contributed by atoms with Crippen LogP contribution < -0.4 is 4.74 Å². The van der Waals surface area contributed by atoms with Crippen LogP contribution in [0.1, 0.15) is 32.6 Å². The van der Waals surface area contributed by atoms with Gasteiger partial charge in [0.1, 0.15) is 10.6 Å². The molecule has 0 N–H and O–H groups in total. The van der Waals surface area contributed by atoms with Crippen LogP contribution in [0.2, 0.25) is 0 Å². The van der Waals surface area contributed by atoms with Gasteiger partial charge in [-0.1, -0.05) is 30.3 Å². The number of rotatable bonds is 6. The van der Waals surface area contributed by atoms with E-state index in [4.69, 9.17) is 4.74 Å².